The van der Waals surface area contributed by atoms with E-state index in [1.807, 2.05) is 13.8 Å². The topological polar surface area (TPSA) is 87.3 Å². The lowest BCUT2D eigenvalue weighted by Crippen LogP contribution is -2.48. The lowest BCUT2D eigenvalue weighted by atomic mass is 10.1. The third-order valence-corrected chi connectivity index (χ3v) is 5.33. The highest BCUT2D eigenvalue weighted by Crippen LogP contribution is 2.21. The van der Waals surface area contributed by atoms with Crippen LogP contribution in [0.15, 0.2) is 42.5 Å². The van der Waals surface area contributed by atoms with Crippen molar-refractivity contribution in [3.63, 3.8) is 0 Å². The fourth-order valence-electron chi connectivity index (χ4n) is 3.85. The van der Waals surface area contributed by atoms with Gasteiger partial charge in [0, 0.05) is 30.8 Å². The zero-order chi connectivity index (χ0) is 22.8. The Labute approximate surface area is 183 Å². The summed E-state index contributed by atoms with van der Waals surface area (Å²) in [7, 11) is 0. The number of amides is 2. The number of aromatic nitrogens is 2. The molecule has 7 nitrogen and oxygen atoms in total. The molecule has 1 aliphatic rings. The van der Waals surface area contributed by atoms with E-state index in [-0.39, 0.29) is 30.6 Å². The maximum atomic E-state index is 12.8. The molecule has 1 aromatic heterocycles. The van der Waals surface area contributed by atoms with Crippen molar-refractivity contribution in [3.05, 3.63) is 65.0 Å². The minimum absolute atomic E-state index is 0.000118. The van der Waals surface area contributed by atoms with Crippen molar-refractivity contribution in [2.24, 2.45) is 0 Å². The largest absolute Gasteiger partial charge is 0.372 e. The molecule has 0 spiro atoms. The van der Waals surface area contributed by atoms with E-state index in [9.17, 15) is 18.4 Å². The van der Waals surface area contributed by atoms with E-state index in [2.05, 4.69) is 15.3 Å². The van der Waals surface area contributed by atoms with E-state index >= 15 is 0 Å². The second-order valence-electron chi connectivity index (χ2n) is 8.00. The van der Waals surface area contributed by atoms with Crippen LogP contribution < -0.4 is 5.32 Å². The summed E-state index contributed by atoms with van der Waals surface area (Å²) in [5.74, 6) is -0.802. The van der Waals surface area contributed by atoms with Gasteiger partial charge in [-0.15, -0.1) is 0 Å². The lowest BCUT2D eigenvalue weighted by Gasteiger charge is -2.35. The summed E-state index contributed by atoms with van der Waals surface area (Å²) >= 11 is 0. The molecule has 2 unspecified atom stereocenters. The van der Waals surface area contributed by atoms with Crippen molar-refractivity contribution in [1.29, 1.82) is 0 Å². The number of alkyl halides is 2. The second kappa shape index (κ2) is 9.04. The van der Waals surface area contributed by atoms with Crippen molar-refractivity contribution >= 4 is 22.8 Å². The number of fused-ring (bicyclic) bond motifs is 1. The van der Waals surface area contributed by atoms with E-state index < -0.39 is 12.2 Å². The van der Waals surface area contributed by atoms with Crippen LogP contribution in [0.3, 0.4) is 0 Å². The van der Waals surface area contributed by atoms with Gasteiger partial charge in [0.15, 0.2) is 5.82 Å². The highest BCUT2D eigenvalue weighted by atomic mass is 19.3. The standard InChI is InChI=1S/C23H24F2N4O3/c1-13-11-29(12-14(2)32-13)23(31)16-5-3-15(4-6-16)10-26-22(30)17-7-8-18-19(9-17)28-21(27-18)20(24)25/h3-9,13-14,20H,10-12H2,1-2H3,(H,26,30)(H,27,28). The van der Waals surface area contributed by atoms with E-state index in [0.717, 1.165) is 5.56 Å². The van der Waals surface area contributed by atoms with Gasteiger partial charge in [0.05, 0.1) is 23.2 Å². The number of H-pyrrole nitrogens is 1. The monoisotopic (exact) mass is 442 g/mol. The Morgan fingerprint density at radius 2 is 1.78 bits per heavy atom. The predicted octanol–water partition coefficient (Wildman–Crippen LogP) is 3.68. The Hall–Kier alpha value is -3.33. The summed E-state index contributed by atoms with van der Waals surface area (Å²) in [4.78, 5) is 33.3. The Balaban J connectivity index is 1.37. The predicted molar refractivity (Wildman–Crippen MR) is 115 cm³/mol. The maximum absolute atomic E-state index is 12.8. The van der Waals surface area contributed by atoms with Crippen molar-refractivity contribution in [3.8, 4) is 0 Å². The fraction of sp³-hybridized carbons (Fsp3) is 0.348. The summed E-state index contributed by atoms with van der Waals surface area (Å²) in [5.41, 5.74) is 2.51. The first-order valence-electron chi connectivity index (χ1n) is 10.4. The minimum Gasteiger partial charge on any atom is -0.372 e. The van der Waals surface area contributed by atoms with Crippen molar-refractivity contribution in [1.82, 2.24) is 20.2 Å². The molecule has 1 fully saturated rings. The fourth-order valence-corrected chi connectivity index (χ4v) is 3.85. The van der Waals surface area contributed by atoms with Crippen LogP contribution in [-0.2, 0) is 11.3 Å². The molecule has 32 heavy (non-hydrogen) atoms. The van der Waals surface area contributed by atoms with Gasteiger partial charge in [0.25, 0.3) is 18.2 Å². The molecule has 3 aromatic rings. The Kier molecular flexibility index (Phi) is 6.18. The molecule has 4 rings (SSSR count). The number of hydrogen-bond acceptors (Lipinski definition) is 4. The van der Waals surface area contributed by atoms with Gasteiger partial charge >= 0.3 is 0 Å². The van der Waals surface area contributed by atoms with Crippen LogP contribution in [0.1, 0.15) is 52.4 Å². The second-order valence-corrected chi connectivity index (χ2v) is 8.00. The number of aromatic amines is 1. The van der Waals surface area contributed by atoms with Crippen LogP contribution in [0.2, 0.25) is 0 Å². The number of carbonyl (C=O) groups excluding carboxylic acids is 2. The van der Waals surface area contributed by atoms with E-state index in [1.54, 1.807) is 35.2 Å². The van der Waals surface area contributed by atoms with Crippen molar-refractivity contribution < 1.29 is 23.1 Å². The summed E-state index contributed by atoms with van der Waals surface area (Å²) in [6, 6.07) is 11.7. The molecule has 0 aliphatic carbocycles. The van der Waals surface area contributed by atoms with E-state index in [1.165, 1.54) is 12.1 Å². The Bertz CT molecular complexity index is 1120. The SMILES string of the molecule is CC1CN(C(=O)c2ccc(CNC(=O)c3ccc4nc(C(F)F)[nH]c4c3)cc2)CC(C)O1. The van der Waals surface area contributed by atoms with Gasteiger partial charge in [0.2, 0.25) is 0 Å². The minimum atomic E-state index is -2.70. The van der Waals surface area contributed by atoms with E-state index in [4.69, 9.17) is 4.74 Å². The first kappa shape index (κ1) is 21.9. The number of nitrogens with one attached hydrogen (secondary N) is 2. The molecular weight excluding hydrogens is 418 g/mol. The average Bonchev–Trinajstić information content (AvgIpc) is 3.20. The van der Waals surface area contributed by atoms with Gasteiger partial charge in [0.1, 0.15) is 0 Å². The zero-order valence-electron chi connectivity index (χ0n) is 17.8. The summed E-state index contributed by atoms with van der Waals surface area (Å²) in [6.07, 6.45) is -2.70. The molecule has 2 aromatic carbocycles. The highest BCUT2D eigenvalue weighted by molar-refractivity contribution is 5.97. The van der Waals surface area contributed by atoms with Crippen LogP contribution in [0, 0.1) is 0 Å². The lowest BCUT2D eigenvalue weighted by molar-refractivity contribution is -0.0586. The van der Waals surface area contributed by atoms with Gasteiger partial charge in [-0.3, -0.25) is 9.59 Å². The molecule has 2 heterocycles. The Morgan fingerprint density at radius 3 is 2.44 bits per heavy atom. The first-order valence-corrected chi connectivity index (χ1v) is 10.4. The highest BCUT2D eigenvalue weighted by Gasteiger charge is 2.26. The smallest absolute Gasteiger partial charge is 0.295 e. The normalized spacial score (nSPS) is 18.8. The van der Waals surface area contributed by atoms with E-state index in [0.29, 0.717) is 35.2 Å². The summed E-state index contributed by atoms with van der Waals surface area (Å²) in [5, 5.41) is 2.80. The molecule has 2 amide bonds. The molecule has 0 radical (unpaired) electrons. The maximum Gasteiger partial charge on any atom is 0.295 e. The number of nitrogens with zero attached hydrogens (tertiary/aromatic N) is 2. The summed E-state index contributed by atoms with van der Waals surface area (Å²) < 4.78 is 31.3. The van der Waals surface area contributed by atoms with Gasteiger partial charge in [-0.2, -0.15) is 0 Å². The number of benzene rings is 2. The van der Waals surface area contributed by atoms with Crippen molar-refractivity contribution in [2.75, 3.05) is 13.1 Å². The molecular formula is C23H24F2N4O3. The molecule has 168 valence electrons. The quantitative estimate of drug-likeness (QED) is 0.631. The zero-order valence-corrected chi connectivity index (χ0v) is 17.8. The number of halogens is 2. The summed E-state index contributed by atoms with van der Waals surface area (Å²) in [6.45, 7) is 5.27. The molecule has 0 bridgehead atoms. The van der Waals surface area contributed by atoms with Gasteiger partial charge in [-0.1, -0.05) is 12.1 Å². The Morgan fingerprint density at radius 1 is 1.12 bits per heavy atom. The number of ether oxygens (including phenoxy) is 1. The number of carbonyl (C=O) groups is 2. The van der Waals surface area contributed by atoms with Gasteiger partial charge < -0.3 is 19.9 Å². The number of morpholine rings is 1. The molecule has 2 atom stereocenters. The van der Waals surface area contributed by atoms with Crippen LogP contribution in [-0.4, -0.2) is 52.0 Å². The number of hydrogen-bond donors (Lipinski definition) is 2. The van der Waals surface area contributed by atoms with Crippen LogP contribution in [0.25, 0.3) is 11.0 Å². The van der Waals surface area contributed by atoms with Crippen LogP contribution >= 0.6 is 0 Å². The van der Waals surface area contributed by atoms with Crippen LogP contribution in [0.4, 0.5) is 8.78 Å². The molecule has 9 heteroatoms. The number of imidazole rings is 1. The van der Waals surface area contributed by atoms with Crippen LogP contribution in [0.5, 0.6) is 0 Å². The van der Waals surface area contributed by atoms with Gasteiger partial charge in [-0.05, 0) is 49.7 Å². The molecule has 1 saturated heterocycles. The third kappa shape index (κ3) is 4.77. The third-order valence-electron chi connectivity index (χ3n) is 5.33. The molecule has 1 aliphatic heterocycles. The molecule has 2 N–H and O–H groups in total. The average molecular weight is 442 g/mol. The van der Waals surface area contributed by atoms with Crippen molar-refractivity contribution in [2.45, 2.75) is 39.0 Å². The first-order chi connectivity index (χ1) is 15.3. The molecule has 0 saturated carbocycles. The number of rotatable bonds is 5. The van der Waals surface area contributed by atoms with Gasteiger partial charge in [-0.25, -0.2) is 13.8 Å².